The fraction of sp³-hybridized carbons (Fsp3) is 0.444. The fourth-order valence-electron chi connectivity index (χ4n) is 1.19. The molecule has 0 radical (unpaired) electrons. The molecule has 0 aromatic carbocycles. The number of imidazole rings is 1. The average Bonchev–Trinajstić information content (AvgIpc) is 2.51. The Morgan fingerprint density at radius 3 is 2.86 bits per heavy atom. The highest BCUT2D eigenvalue weighted by atomic mass is 16.4. The van der Waals surface area contributed by atoms with Gasteiger partial charge in [-0.3, -0.25) is 0 Å². The molecule has 5 nitrogen and oxygen atoms in total. The summed E-state index contributed by atoms with van der Waals surface area (Å²) in [6.45, 7) is 1.52. The number of hydrogen-bond donors (Lipinski definition) is 1. The zero-order valence-corrected chi connectivity index (χ0v) is 7.93. The van der Waals surface area contributed by atoms with Crippen molar-refractivity contribution in [3.8, 4) is 0 Å². The Kier molecular flexibility index (Phi) is 3.39. The minimum absolute atomic E-state index is 0.110. The Morgan fingerprint density at radius 2 is 2.29 bits per heavy atom. The summed E-state index contributed by atoms with van der Waals surface area (Å²) in [7, 11) is 0. The van der Waals surface area contributed by atoms with Crippen molar-refractivity contribution >= 4 is 11.9 Å². The average molecular weight is 196 g/mol. The predicted molar refractivity (Wildman–Crippen MR) is 49.3 cm³/mol. The molecule has 14 heavy (non-hydrogen) atoms. The molecule has 1 aromatic rings. The van der Waals surface area contributed by atoms with Gasteiger partial charge in [-0.25, -0.2) is 14.3 Å². The summed E-state index contributed by atoms with van der Waals surface area (Å²) in [6, 6.07) is 0. The fourth-order valence-corrected chi connectivity index (χ4v) is 1.19. The first-order valence-corrected chi connectivity index (χ1v) is 4.36. The molecule has 0 saturated heterocycles. The summed E-state index contributed by atoms with van der Waals surface area (Å²) in [5.41, 5.74) is 0. The molecule has 0 fully saturated rings. The highest BCUT2D eigenvalue weighted by molar-refractivity contribution is 5.75. The van der Waals surface area contributed by atoms with Gasteiger partial charge in [0.05, 0.1) is 0 Å². The maximum absolute atomic E-state index is 10.6. The normalized spacial score (nSPS) is 10.1. The molecule has 0 unspecified atom stereocenters. The Hall–Kier alpha value is -1.65. The molecule has 0 amide bonds. The lowest BCUT2D eigenvalue weighted by atomic mass is 10.2. The van der Waals surface area contributed by atoms with Gasteiger partial charge in [0, 0.05) is 25.2 Å². The topological polar surface area (TPSA) is 72.2 Å². The van der Waals surface area contributed by atoms with Crippen molar-refractivity contribution in [3.05, 3.63) is 18.2 Å². The number of hydrogen-bond acceptors (Lipinski definition) is 3. The van der Waals surface area contributed by atoms with Gasteiger partial charge >= 0.3 is 6.09 Å². The molecule has 1 rings (SSSR count). The van der Waals surface area contributed by atoms with Gasteiger partial charge in [-0.15, -0.1) is 0 Å². The number of carbonyl (C=O) groups is 2. The van der Waals surface area contributed by atoms with Crippen LogP contribution in [-0.4, -0.2) is 26.5 Å². The first-order valence-electron chi connectivity index (χ1n) is 4.36. The number of ketones is 1. The first-order chi connectivity index (χ1) is 6.61. The van der Waals surface area contributed by atoms with E-state index in [1.165, 1.54) is 19.3 Å². The number of aryl methyl sites for hydroxylation is 1. The minimum atomic E-state index is -1.04. The lowest BCUT2D eigenvalue weighted by Crippen LogP contribution is -2.11. The third-order valence-corrected chi connectivity index (χ3v) is 1.85. The molecule has 5 heteroatoms. The third kappa shape index (κ3) is 2.69. The molecule has 1 N–H and O–H groups in total. The molecule has 0 aliphatic carbocycles. The minimum Gasteiger partial charge on any atom is -0.464 e. The standard InChI is InChI=1S/C9H12N2O3/c1-7(12)3-2-4-8-10-5-6-11(8)9(13)14/h5-6H,2-4H2,1H3,(H,13,14). The molecule has 0 spiro atoms. The molecular weight excluding hydrogens is 184 g/mol. The second kappa shape index (κ2) is 4.55. The highest BCUT2D eigenvalue weighted by Gasteiger charge is 2.08. The van der Waals surface area contributed by atoms with Crippen LogP contribution in [0.5, 0.6) is 0 Å². The SMILES string of the molecule is CC(=O)CCCc1nccn1C(=O)O. The Labute approximate surface area is 81.4 Å². The van der Waals surface area contributed by atoms with Crippen LogP contribution in [-0.2, 0) is 11.2 Å². The van der Waals surface area contributed by atoms with Gasteiger partial charge in [-0.1, -0.05) is 0 Å². The first kappa shape index (κ1) is 10.4. The van der Waals surface area contributed by atoms with Crippen molar-refractivity contribution < 1.29 is 14.7 Å². The van der Waals surface area contributed by atoms with Gasteiger partial charge in [0.15, 0.2) is 0 Å². The van der Waals surface area contributed by atoms with Crippen LogP contribution in [0.2, 0.25) is 0 Å². The summed E-state index contributed by atoms with van der Waals surface area (Å²) in [5.74, 6) is 0.595. The number of Topliss-reactive ketones (excluding diaryl/α,β-unsaturated/α-hetero) is 1. The van der Waals surface area contributed by atoms with Crippen LogP contribution in [0.25, 0.3) is 0 Å². The van der Waals surface area contributed by atoms with Gasteiger partial charge in [0.25, 0.3) is 0 Å². The molecule has 0 atom stereocenters. The Balaban J connectivity index is 2.54. The van der Waals surface area contributed by atoms with Gasteiger partial charge in [0.2, 0.25) is 0 Å². The van der Waals surface area contributed by atoms with Crippen LogP contribution in [0.4, 0.5) is 4.79 Å². The maximum Gasteiger partial charge on any atom is 0.416 e. The number of nitrogens with zero attached hydrogens (tertiary/aromatic N) is 2. The zero-order chi connectivity index (χ0) is 10.6. The lowest BCUT2D eigenvalue weighted by molar-refractivity contribution is -0.117. The zero-order valence-electron chi connectivity index (χ0n) is 7.93. The molecule has 0 bridgehead atoms. The van der Waals surface area contributed by atoms with Crippen LogP contribution in [0, 0.1) is 0 Å². The van der Waals surface area contributed by atoms with Crippen molar-refractivity contribution in [3.63, 3.8) is 0 Å². The van der Waals surface area contributed by atoms with E-state index in [1.807, 2.05) is 0 Å². The second-order valence-corrected chi connectivity index (χ2v) is 3.05. The molecule has 76 valence electrons. The van der Waals surface area contributed by atoms with Crippen molar-refractivity contribution in [2.75, 3.05) is 0 Å². The summed E-state index contributed by atoms with van der Waals surface area (Å²) in [4.78, 5) is 25.2. The van der Waals surface area contributed by atoms with Gasteiger partial charge in [-0.2, -0.15) is 0 Å². The van der Waals surface area contributed by atoms with E-state index in [0.717, 1.165) is 4.57 Å². The molecule has 0 aliphatic heterocycles. The van der Waals surface area contributed by atoms with Crippen LogP contribution in [0.1, 0.15) is 25.6 Å². The van der Waals surface area contributed by atoms with Crippen molar-refractivity contribution in [1.82, 2.24) is 9.55 Å². The van der Waals surface area contributed by atoms with Crippen LogP contribution in [0.15, 0.2) is 12.4 Å². The predicted octanol–water partition coefficient (Wildman–Crippen LogP) is 1.32. The third-order valence-electron chi connectivity index (χ3n) is 1.85. The van der Waals surface area contributed by atoms with E-state index in [1.54, 1.807) is 0 Å². The smallest absolute Gasteiger partial charge is 0.416 e. The van der Waals surface area contributed by atoms with E-state index in [0.29, 0.717) is 25.1 Å². The Bertz CT molecular complexity index is 344. The summed E-state index contributed by atoms with van der Waals surface area (Å²) >= 11 is 0. The van der Waals surface area contributed by atoms with E-state index in [-0.39, 0.29) is 5.78 Å². The van der Waals surface area contributed by atoms with Gasteiger partial charge in [-0.05, 0) is 13.3 Å². The Morgan fingerprint density at radius 1 is 1.57 bits per heavy atom. The van der Waals surface area contributed by atoms with E-state index < -0.39 is 6.09 Å². The molecule has 0 saturated carbocycles. The summed E-state index contributed by atoms with van der Waals surface area (Å²) in [5, 5.41) is 8.72. The van der Waals surface area contributed by atoms with Crippen LogP contribution in [0.3, 0.4) is 0 Å². The highest BCUT2D eigenvalue weighted by Crippen LogP contribution is 2.03. The molecule has 1 aromatic heterocycles. The molecular formula is C9H12N2O3. The largest absolute Gasteiger partial charge is 0.464 e. The van der Waals surface area contributed by atoms with Crippen LogP contribution < -0.4 is 0 Å². The summed E-state index contributed by atoms with van der Waals surface area (Å²) in [6.07, 6.45) is 3.41. The molecule has 0 aliphatic rings. The van der Waals surface area contributed by atoms with Crippen LogP contribution >= 0.6 is 0 Å². The lowest BCUT2D eigenvalue weighted by Gasteiger charge is -2.00. The van der Waals surface area contributed by atoms with Crippen molar-refractivity contribution in [1.29, 1.82) is 0 Å². The van der Waals surface area contributed by atoms with Crippen molar-refractivity contribution in [2.45, 2.75) is 26.2 Å². The number of carboxylic acid groups (broad SMARTS) is 1. The number of aromatic nitrogens is 2. The maximum atomic E-state index is 10.6. The number of carbonyl (C=O) groups excluding carboxylic acids is 1. The van der Waals surface area contributed by atoms with E-state index in [9.17, 15) is 9.59 Å². The van der Waals surface area contributed by atoms with Gasteiger partial charge in [0.1, 0.15) is 11.6 Å². The van der Waals surface area contributed by atoms with Crippen molar-refractivity contribution in [2.24, 2.45) is 0 Å². The van der Waals surface area contributed by atoms with Gasteiger partial charge < -0.3 is 9.90 Å². The molecule has 1 heterocycles. The monoisotopic (exact) mass is 196 g/mol. The van der Waals surface area contributed by atoms with E-state index >= 15 is 0 Å². The number of rotatable bonds is 4. The van der Waals surface area contributed by atoms with E-state index in [2.05, 4.69) is 4.98 Å². The second-order valence-electron chi connectivity index (χ2n) is 3.05. The quantitative estimate of drug-likeness (QED) is 0.788. The van der Waals surface area contributed by atoms with E-state index in [4.69, 9.17) is 5.11 Å². The summed E-state index contributed by atoms with van der Waals surface area (Å²) < 4.78 is 1.07.